The Morgan fingerprint density at radius 1 is 1.30 bits per heavy atom. The summed E-state index contributed by atoms with van der Waals surface area (Å²) >= 11 is 0. The molecule has 0 aliphatic rings. The van der Waals surface area contributed by atoms with Crippen molar-refractivity contribution in [2.45, 2.75) is 6.61 Å². The topological polar surface area (TPSA) is 90.0 Å². The second kappa shape index (κ2) is 6.42. The second-order valence-corrected chi connectivity index (χ2v) is 4.00. The predicted molar refractivity (Wildman–Crippen MR) is 74.1 cm³/mol. The van der Waals surface area contributed by atoms with Crippen molar-refractivity contribution in [3.63, 3.8) is 0 Å². The van der Waals surface area contributed by atoms with Crippen molar-refractivity contribution >= 4 is 5.84 Å². The molecule has 0 bridgehead atoms. The van der Waals surface area contributed by atoms with Gasteiger partial charge < -0.3 is 20.4 Å². The Morgan fingerprint density at radius 2 is 2.10 bits per heavy atom. The van der Waals surface area contributed by atoms with Gasteiger partial charge in [0, 0.05) is 12.3 Å². The first-order valence-electron chi connectivity index (χ1n) is 5.92. The van der Waals surface area contributed by atoms with Gasteiger partial charge in [-0.1, -0.05) is 11.2 Å². The maximum atomic E-state index is 8.62. The molecular weight excluding hydrogens is 258 g/mol. The van der Waals surface area contributed by atoms with Crippen LogP contribution in [-0.4, -0.2) is 23.1 Å². The van der Waals surface area contributed by atoms with Crippen LogP contribution in [0.3, 0.4) is 0 Å². The van der Waals surface area contributed by atoms with Crippen LogP contribution < -0.4 is 15.2 Å². The second-order valence-electron chi connectivity index (χ2n) is 4.00. The SMILES string of the molecule is COc1cccc(OCc2ccnc(C(N)=NO)c2)c1. The molecule has 3 N–H and O–H groups in total. The average molecular weight is 273 g/mol. The van der Waals surface area contributed by atoms with Gasteiger partial charge in [-0.25, -0.2) is 0 Å². The number of benzene rings is 1. The fourth-order valence-corrected chi connectivity index (χ4v) is 1.61. The van der Waals surface area contributed by atoms with Gasteiger partial charge in [0.25, 0.3) is 0 Å². The lowest BCUT2D eigenvalue weighted by molar-refractivity contribution is 0.303. The predicted octanol–water partition coefficient (Wildman–Crippen LogP) is 1.76. The molecule has 0 unspecified atom stereocenters. The molecule has 0 spiro atoms. The molecule has 2 aromatic rings. The zero-order valence-electron chi connectivity index (χ0n) is 11.0. The number of aromatic nitrogens is 1. The number of hydrogen-bond donors (Lipinski definition) is 2. The molecule has 0 radical (unpaired) electrons. The summed E-state index contributed by atoms with van der Waals surface area (Å²) in [5.41, 5.74) is 6.76. The molecule has 20 heavy (non-hydrogen) atoms. The van der Waals surface area contributed by atoms with E-state index in [-0.39, 0.29) is 5.84 Å². The first-order valence-corrected chi connectivity index (χ1v) is 5.92. The van der Waals surface area contributed by atoms with E-state index in [4.69, 9.17) is 20.4 Å². The third-order valence-corrected chi connectivity index (χ3v) is 2.64. The van der Waals surface area contributed by atoms with E-state index in [0.717, 1.165) is 11.3 Å². The van der Waals surface area contributed by atoms with E-state index in [1.54, 1.807) is 31.5 Å². The first kappa shape index (κ1) is 13.7. The van der Waals surface area contributed by atoms with Crippen LogP contribution in [0.5, 0.6) is 11.5 Å². The maximum absolute atomic E-state index is 8.62. The van der Waals surface area contributed by atoms with Crippen LogP contribution in [0.1, 0.15) is 11.3 Å². The molecule has 1 aromatic carbocycles. The van der Waals surface area contributed by atoms with Crippen LogP contribution in [0.4, 0.5) is 0 Å². The Balaban J connectivity index is 2.07. The highest BCUT2D eigenvalue weighted by Gasteiger charge is 2.03. The summed E-state index contributed by atoms with van der Waals surface area (Å²) in [6.45, 7) is 0.349. The average Bonchev–Trinajstić information content (AvgIpc) is 2.52. The molecular formula is C14H15N3O3. The lowest BCUT2D eigenvalue weighted by atomic mass is 10.2. The summed E-state index contributed by atoms with van der Waals surface area (Å²) in [5, 5.41) is 11.5. The van der Waals surface area contributed by atoms with Gasteiger partial charge >= 0.3 is 0 Å². The van der Waals surface area contributed by atoms with Gasteiger partial charge in [-0.05, 0) is 29.8 Å². The normalized spacial score (nSPS) is 11.2. The largest absolute Gasteiger partial charge is 0.497 e. The number of methoxy groups -OCH3 is 1. The monoisotopic (exact) mass is 273 g/mol. The highest BCUT2D eigenvalue weighted by Crippen LogP contribution is 2.19. The Hall–Kier alpha value is -2.76. The van der Waals surface area contributed by atoms with Crippen LogP contribution in [0, 0.1) is 0 Å². The number of ether oxygens (including phenoxy) is 2. The Labute approximate surface area is 116 Å². The molecule has 0 saturated heterocycles. The molecule has 1 aromatic heterocycles. The van der Waals surface area contributed by atoms with Crippen molar-refractivity contribution in [2.75, 3.05) is 7.11 Å². The van der Waals surface area contributed by atoms with Gasteiger partial charge in [-0.3, -0.25) is 4.98 Å². The summed E-state index contributed by atoms with van der Waals surface area (Å²) in [4.78, 5) is 4.00. The molecule has 0 atom stereocenters. The van der Waals surface area contributed by atoms with Crippen LogP contribution in [0.2, 0.25) is 0 Å². The fraction of sp³-hybridized carbons (Fsp3) is 0.143. The molecule has 6 heteroatoms. The lowest BCUT2D eigenvalue weighted by Gasteiger charge is -2.08. The van der Waals surface area contributed by atoms with Gasteiger partial charge in [-0.2, -0.15) is 0 Å². The van der Waals surface area contributed by atoms with Crippen molar-refractivity contribution in [2.24, 2.45) is 10.9 Å². The molecule has 0 fully saturated rings. The molecule has 0 aliphatic carbocycles. The molecule has 0 aliphatic heterocycles. The summed E-state index contributed by atoms with van der Waals surface area (Å²) in [6, 6.07) is 10.8. The molecule has 0 saturated carbocycles. The highest BCUT2D eigenvalue weighted by molar-refractivity contribution is 5.95. The van der Waals surface area contributed by atoms with Crippen LogP contribution in [-0.2, 0) is 6.61 Å². The molecule has 104 valence electrons. The van der Waals surface area contributed by atoms with Crippen molar-refractivity contribution < 1.29 is 14.7 Å². The molecule has 1 heterocycles. The molecule has 6 nitrogen and oxygen atoms in total. The van der Waals surface area contributed by atoms with Gasteiger partial charge in [0.15, 0.2) is 5.84 Å². The van der Waals surface area contributed by atoms with Gasteiger partial charge in [-0.15, -0.1) is 0 Å². The summed E-state index contributed by atoms with van der Waals surface area (Å²) < 4.78 is 10.8. The maximum Gasteiger partial charge on any atom is 0.188 e. The van der Waals surface area contributed by atoms with Gasteiger partial charge in [0.05, 0.1) is 7.11 Å². The van der Waals surface area contributed by atoms with Crippen molar-refractivity contribution in [1.82, 2.24) is 4.98 Å². The number of pyridine rings is 1. The summed E-state index contributed by atoms with van der Waals surface area (Å²) in [5.74, 6) is 1.40. The van der Waals surface area contributed by atoms with Crippen LogP contribution >= 0.6 is 0 Å². The van der Waals surface area contributed by atoms with E-state index < -0.39 is 0 Å². The Morgan fingerprint density at radius 3 is 2.85 bits per heavy atom. The quantitative estimate of drug-likeness (QED) is 0.375. The van der Waals surface area contributed by atoms with Crippen molar-refractivity contribution in [3.8, 4) is 11.5 Å². The van der Waals surface area contributed by atoms with Gasteiger partial charge in [0.2, 0.25) is 0 Å². The smallest absolute Gasteiger partial charge is 0.188 e. The van der Waals surface area contributed by atoms with Crippen molar-refractivity contribution in [3.05, 3.63) is 53.9 Å². The van der Waals surface area contributed by atoms with E-state index in [1.807, 2.05) is 18.2 Å². The molecule has 2 rings (SSSR count). The highest BCUT2D eigenvalue weighted by atomic mass is 16.5. The fourth-order valence-electron chi connectivity index (χ4n) is 1.61. The minimum absolute atomic E-state index is 0.0340. The number of rotatable bonds is 5. The number of hydrogen-bond acceptors (Lipinski definition) is 5. The minimum Gasteiger partial charge on any atom is -0.497 e. The Bertz CT molecular complexity index is 614. The zero-order valence-corrected chi connectivity index (χ0v) is 11.0. The van der Waals surface area contributed by atoms with Crippen LogP contribution in [0.25, 0.3) is 0 Å². The van der Waals surface area contributed by atoms with Crippen LogP contribution in [0.15, 0.2) is 47.8 Å². The van der Waals surface area contributed by atoms with Gasteiger partial charge in [0.1, 0.15) is 23.8 Å². The zero-order chi connectivity index (χ0) is 14.4. The Kier molecular flexibility index (Phi) is 4.39. The van der Waals surface area contributed by atoms with E-state index >= 15 is 0 Å². The standard InChI is InChI=1S/C14H15N3O3/c1-19-11-3-2-4-12(8-11)20-9-10-5-6-16-13(7-10)14(15)17-18/h2-8,18H,9H2,1H3,(H2,15,17). The number of nitrogens with zero attached hydrogens (tertiary/aromatic N) is 2. The first-order chi connectivity index (χ1) is 9.72. The summed E-state index contributed by atoms with van der Waals surface area (Å²) in [7, 11) is 1.60. The number of oxime groups is 1. The van der Waals surface area contributed by atoms with E-state index in [0.29, 0.717) is 18.1 Å². The number of nitrogens with two attached hydrogens (primary N) is 1. The molecule has 0 amide bonds. The lowest BCUT2D eigenvalue weighted by Crippen LogP contribution is -2.15. The van der Waals surface area contributed by atoms with E-state index in [1.165, 1.54) is 0 Å². The third-order valence-electron chi connectivity index (χ3n) is 2.64. The van der Waals surface area contributed by atoms with Crippen molar-refractivity contribution in [1.29, 1.82) is 0 Å². The minimum atomic E-state index is -0.0340. The van der Waals surface area contributed by atoms with E-state index in [2.05, 4.69) is 10.1 Å². The van der Waals surface area contributed by atoms with E-state index in [9.17, 15) is 0 Å². The number of amidine groups is 1. The summed E-state index contributed by atoms with van der Waals surface area (Å²) in [6.07, 6.45) is 1.58. The third kappa shape index (κ3) is 3.38.